The van der Waals surface area contributed by atoms with Crippen LogP contribution in [0.1, 0.15) is 13.8 Å². The molecule has 0 aliphatic carbocycles. The highest BCUT2D eigenvalue weighted by Crippen LogP contribution is 2.39. The molecule has 0 fully saturated rings. The second-order valence-corrected chi connectivity index (χ2v) is 9.85. The van der Waals surface area contributed by atoms with Gasteiger partial charge < -0.3 is 20.6 Å². The van der Waals surface area contributed by atoms with E-state index in [4.69, 9.17) is 23.2 Å². The number of phenolic OH excluding ortho intramolecular Hbond substituents is 1. The minimum absolute atomic E-state index is 0.0609. The summed E-state index contributed by atoms with van der Waals surface area (Å²) in [5.41, 5.74) is -1.51. The Labute approximate surface area is 207 Å². The molecule has 0 saturated carbocycles. The smallest absolute Gasteiger partial charge is 0.253 e. The average molecular weight is 527 g/mol. The summed E-state index contributed by atoms with van der Waals surface area (Å²) in [5, 5.41) is 16.3. The van der Waals surface area contributed by atoms with Crippen LogP contribution in [0.2, 0.25) is 10.0 Å². The highest BCUT2D eigenvalue weighted by atomic mass is 35.5. The Morgan fingerprint density at radius 2 is 1.47 bits per heavy atom. The van der Waals surface area contributed by atoms with E-state index < -0.39 is 31.5 Å². The zero-order chi connectivity index (χ0) is 25.0. The summed E-state index contributed by atoms with van der Waals surface area (Å²) in [6.07, 6.45) is 0. The molecule has 0 amide bonds. The third-order valence-electron chi connectivity index (χ3n) is 5.27. The molecule has 0 atom stereocenters. The highest BCUT2D eigenvalue weighted by molar-refractivity contribution is 7.89. The predicted octanol–water partition coefficient (Wildman–Crippen LogP) is 3.40. The van der Waals surface area contributed by atoms with E-state index in [0.29, 0.717) is 17.3 Å². The Morgan fingerprint density at radius 3 is 2.06 bits per heavy atom. The van der Waals surface area contributed by atoms with Gasteiger partial charge in [-0.25, -0.2) is 13.1 Å². The van der Waals surface area contributed by atoms with Crippen molar-refractivity contribution in [3.8, 4) is 5.75 Å². The Balaban J connectivity index is 1.88. The van der Waals surface area contributed by atoms with Gasteiger partial charge in [-0.3, -0.25) is 9.59 Å². The van der Waals surface area contributed by atoms with Crippen LogP contribution in [0, 0.1) is 0 Å². The minimum atomic E-state index is -4.17. The van der Waals surface area contributed by atoms with Crippen LogP contribution < -0.4 is 26.2 Å². The van der Waals surface area contributed by atoms with E-state index in [1.807, 2.05) is 18.7 Å². The van der Waals surface area contributed by atoms with E-state index in [9.17, 15) is 23.1 Å². The lowest BCUT2D eigenvalue weighted by Gasteiger charge is -2.19. The molecule has 0 bridgehead atoms. The number of nitrogens with zero attached hydrogens (tertiary/aromatic N) is 1. The maximum atomic E-state index is 12.9. The molecule has 0 unspecified atom stereocenters. The Hall–Kier alpha value is -2.63. The van der Waals surface area contributed by atoms with Gasteiger partial charge in [-0.05, 0) is 37.4 Å². The summed E-state index contributed by atoms with van der Waals surface area (Å²) in [5.74, 6) is -0.681. The van der Waals surface area contributed by atoms with E-state index in [1.165, 1.54) is 12.1 Å². The third-order valence-corrected chi connectivity index (χ3v) is 7.56. The number of likely N-dealkylation sites (N-methyl/N-ethyl adjacent to an activating group) is 1. The van der Waals surface area contributed by atoms with Crippen LogP contribution in [0.4, 0.5) is 22.7 Å². The first-order valence-electron chi connectivity index (χ1n) is 10.5. The van der Waals surface area contributed by atoms with Gasteiger partial charge in [-0.2, -0.15) is 0 Å². The molecule has 9 nitrogen and oxygen atoms in total. The quantitative estimate of drug-likeness (QED) is 0.221. The molecule has 3 aromatic carbocycles. The van der Waals surface area contributed by atoms with Crippen molar-refractivity contribution in [1.82, 2.24) is 9.62 Å². The van der Waals surface area contributed by atoms with Gasteiger partial charge in [-0.15, -0.1) is 0 Å². The van der Waals surface area contributed by atoms with Crippen molar-refractivity contribution < 1.29 is 13.5 Å². The van der Waals surface area contributed by atoms with Crippen molar-refractivity contribution in [3.05, 3.63) is 66.9 Å². The number of halogens is 2. The number of hydrogen-bond donors (Lipinski definition) is 4. The summed E-state index contributed by atoms with van der Waals surface area (Å²) in [7, 11) is -4.17. The van der Waals surface area contributed by atoms with Gasteiger partial charge in [0.05, 0.1) is 21.4 Å². The van der Waals surface area contributed by atoms with Crippen molar-refractivity contribution in [2.24, 2.45) is 0 Å². The summed E-state index contributed by atoms with van der Waals surface area (Å²) in [4.78, 5) is 25.8. The zero-order valence-corrected chi connectivity index (χ0v) is 20.8. The molecule has 12 heteroatoms. The number of rotatable bonds is 11. The fourth-order valence-electron chi connectivity index (χ4n) is 3.32. The average Bonchev–Trinajstić information content (AvgIpc) is 2.81. The van der Waals surface area contributed by atoms with Crippen LogP contribution in [-0.4, -0.2) is 44.6 Å². The Kier molecular flexibility index (Phi) is 8.21. The van der Waals surface area contributed by atoms with Crippen molar-refractivity contribution in [2.75, 3.05) is 36.8 Å². The molecular weight excluding hydrogens is 503 g/mol. The lowest BCUT2D eigenvalue weighted by Crippen LogP contribution is -2.36. The monoisotopic (exact) mass is 526 g/mol. The van der Waals surface area contributed by atoms with Gasteiger partial charge in [0.25, 0.3) is 10.9 Å². The number of aromatic hydroxyl groups is 1. The van der Waals surface area contributed by atoms with Crippen LogP contribution in [-0.2, 0) is 10.0 Å². The number of para-hydroxylation sites is 1. The van der Waals surface area contributed by atoms with Gasteiger partial charge in [0.15, 0.2) is 5.75 Å². The first-order chi connectivity index (χ1) is 16.1. The van der Waals surface area contributed by atoms with Crippen LogP contribution in [0.15, 0.2) is 50.9 Å². The van der Waals surface area contributed by atoms with E-state index in [2.05, 4.69) is 15.4 Å². The summed E-state index contributed by atoms with van der Waals surface area (Å²) in [6, 6.07) is 9.22. The van der Waals surface area contributed by atoms with E-state index in [0.717, 1.165) is 13.1 Å². The molecule has 182 valence electrons. The molecule has 4 N–H and O–H groups in total. The molecule has 0 aromatic heterocycles. The van der Waals surface area contributed by atoms with Gasteiger partial charge >= 0.3 is 0 Å². The molecule has 0 aliphatic heterocycles. The first kappa shape index (κ1) is 26.0. The number of sulfonamides is 1. The second kappa shape index (κ2) is 10.7. The summed E-state index contributed by atoms with van der Waals surface area (Å²) in [6.45, 7) is 6.04. The first-order valence-corrected chi connectivity index (χ1v) is 12.7. The second-order valence-electron chi connectivity index (χ2n) is 7.34. The Morgan fingerprint density at radius 1 is 0.882 bits per heavy atom. The molecule has 34 heavy (non-hydrogen) atoms. The molecule has 0 radical (unpaired) electrons. The van der Waals surface area contributed by atoms with Gasteiger partial charge in [0, 0.05) is 13.1 Å². The normalized spacial score (nSPS) is 11.8. The summed E-state index contributed by atoms with van der Waals surface area (Å²) < 4.78 is 28.1. The highest BCUT2D eigenvalue weighted by Gasteiger charge is 2.27. The van der Waals surface area contributed by atoms with Crippen LogP contribution >= 0.6 is 23.2 Å². The van der Waals surface area contributed by atoms with E-state index in [1.54, 1.807) is 24.3 Å². The fraction of sp³-hybridized carbons (Fsp3) is 0.273. The molecule has 0 saturated heterocycles. The lowest BCUT2D eigenvalue weighted by atomic mass is 10.1. The number of phenols is 1. The maximum absolute atomic E-state index is 12.9. The fourth-order valence-corrected chi connectivity index (χ4v) is 5.15. The largest absolute Gasteiger partial charge is 0.504 e. The third kappa shape index (κ3) is 5.37. The van der Waals surface area contributed by atoms with Crippen molar-refractivity contribution >= 4 is 56.0 Å². The SMILES string of the molecule is CCN(CC)CCNS(=O)(=O)c1c(Cl)ccc(Nc2c(Nc3ccccc3Cl)c(=O)c2=O)c1O. The van der Waals surface area contributed by atoms with Crippen molar-refractivity contribution in [1.29, 1.82) is 0 Å². The number of anilines is 4. The van der Waals surface area contributed by atoms with Crippen molar-refractivity contribution in [3.63, 3.8) is 0 Å². The molecule has 0 heterocycles. The molecular formula is C22H24Cl2N4O5S. The van der Waals surface area contributed by atoms with Crippen LogP contribution in [0.3, 0.4) is 0 Å². The molecule has 0 spiro atoms. The zero-order valence-electron chi connectivity index (χ0n) is 18.5. The van der Waals surface area contributed by atoms with E-state index in [-0.39, 0.29) is 28.6 Å². The number of benzene rings is 2. The minimum Gasteiger partial charge on any atom is -0.504 e. The van der Waals surface area contributed by atoms with E-state index >= 15 is 0 Å². The molecule has 3 rings (SSSR count). The predicted molar refractivity (Wildman–Crippen MR) is 135 cm³/mol. The lowest BCUT2D eigenvalue weighted by molar-refractivity contribution is 0.309. The molecule has 0 aliphatic rings. The summed E-state index contributed by atoms with van der Waals surface area (Å²) >= 11 is 12.2. The standard InChI is InChI=1S/C22H24Cl2N4O5S/c1-3-28(4-2)12-11-25-34(32,33)22-14(24)9-10-16(19(22)29)27-18-17(20(30)21(18)31)26-15-8-6-5-7-13(15)23/h5-10,25-27,29H,3-4,11-12H2,1-2H3. The van der Waals surface area contributed by atoms with Crippen molar-refractivity contribution in [2.45, 2.75) is 18.7 Å². The maximum Gasteiger partial charge on any atom is 0.253 e. The Bertz CT molecular complexity index is 1370. The number of hydrogen-bond acceptors (Lipinski definition) is 8. The topological polar surface area (TPSA) is 128 Å². The van der Waals surface area contributed by atoms with Crippen LogP contribution in [0.5, 0.6) is 5.75 Å². The van der Waals surface area contributed by atoms with Gasteiger partial charge in [0.1, 0.15) is 16.3 Å². The van der Waals surface area contributed by atoms with Gasteiger partial charge in [0.2, 0.25) is 10.0 Å². The molecule has 3 aromatic rings. The number of nitrogens with one attached hydrogen (secondary N) is 3. The van der Waals surface area contributed by atoms with Crippen LogP contribution in [0.25, 0.3) is 0 Å². The van der Waals surface area contributed by atoms with Gasteiger partial charge in [-0.1, -0.05) is 49.2 Å².